The SMILES string of the molecule is CN(CCCc1ccccc1)C(=O)CCc1ncc(-c2ccc(Cl)cc2)o1. The van der Waals surface area contributed by atoms with Gasteiger partial charge in [0, 0.05) is 37.0 Å². The summed E-state index contributed by atoms with van der Waals surface area (Å²) in [4.78, 5) is 18.4. The van der Waals surface area contributed by atoms with Crippen molar-refractivity contribution in [3.8, 4) is 11.3 Å². The van der Waals surface area contributed by atoms with E-state index in [4.69, 9.17) is 16.0 Å². The average Bonchev–Trinajstić information content (AvgIpc) is 3.16. The molecule has 1 heterocycles. The normalized spacial score (nSPS) is 10.7. The van der Waals surface area contributed by atoms with Crippen LogP contribution in [0, 0.1) is 0 Å². The van der Waals surface area contributed by atoms with Crippen LogP contribution in [-0.2, 0) is 17.6 Å². The number of carbonyl (C=O) groups is 1. The van der Waals surface area contributed by atoms with Gasteiger partial charge in [-0.05, 0) is 42.7 Å². The average molecular weight is 383 g/mol. The Morgan fingerprint density at radius 1 is 1.07 bits per heavy atom. The van der Waals surface area contributed by atoms with Crippen LogP contribution in [-0.4, -0.2) is 29.4 Å². The molecule has 27 heavy (non-hydrogen) atoms. The topological polar surface area (TPSA) is 46.3 Å². The Morgan fingerprint density at radius 2 is 1.81 bits per heavy atom. The van der Waals surface area contributed by atoms with Crippen LogP contribution in [0.3, 0.4) is 0 Å². The second-order valence-corrected chi connectivity index (χ2v) is 6.97. The van der Waals surface area contributed by atoms with Gasteiger partial charge in [0.15, 0.2) is 11.7 Å². The Kier molecular flexibility index (Phi) is 6.66. The van der Waals surface area contributed by atoms with E-state index in [2.05, 4.69) is 17.1 Å². The molecule has 0 unspecified atom stereocenters. The lowest BCUT2D eigenvalue weighted by atomic mass is 10.1. The van der Waals surface area contributed by atoms with Crippen LogP contribution in [0.25, 0.3) is 11.3 Å². The highest BCUT2D eigenvalue weighted by Crippen LogP contribution is 2.22. The smallest absolute Gasteiger partial charge is 0.222 e. The lowest BCUT2D eigenvalue weighted by Crippen LogP contribution is -2.28. The van der Waals surface area contributed by atoms with Gasteiger partial charge in [0.05, 0.1) is 6.20 Å². The van der Waals surface area contributed by atoms with Crippen LogP contribution >= 0.6 is 11.6 Å². The van der Waals surface area contributed by atoms with Gasteiger partial charge in [-0.25, -0.2) is 4.98 Å². The molecule has 3 aromatic rings. The minimum absolute atomic E-state index is 0.106. The molecule has 0 aliphatic heterocycles. The first kappa shape index (κ1) is 19.2. The van der Waals surface area contributed by atoms with Crippen molar-refractivity contribution in [3.05, 3.63) is 77.3 Å². The van der Waals surface area contributed by atoms with Crippen LogP contribution in [0.4, 0.5) is 0 Å². The zero-order chi connectivity index (χ0) is 19.1. The van der Waals surface area contributed by atoms with E-state index in [-0.39, 0.29) is 5.91 Å². The number of oxazole rings is 1. The number of benzene rings is 2. The fourth-order valence-corrected chi connectivity index (χ4v) is 2.99. The molecule has 3 rings (SSSR count). The molecule has 1 amide bonds. The molecule has 0 radical (unpaired) electrons. The first-order chi connectivity index (χ1) is 13.1. The van der Waals surface area contributed by atoms with E-state index >= 15 is 0 Å². The Balaban J connectivity index is 1.44. The standard InChI is InChI=1S/C22H23ClN2O2/c1-25(15-5-8-17-6-3-2-4-7-17)22(26)14-13-21-24-16-20(27-21)18-9-11-19(23)12-10-18/h2-4,6-7,9-12,16H,5,8,13-15H2,1H3. The molecule has 140 valence electrons. The van der Waals surface area contributed by atoms with Crippen molar-refractivity contribution in [1.29, 1.82) is 0 Å². The van der Waals surface area contributed by atoms with Crippen molar-refractivity contribution in [1.82, 2.24) is 9.88 Å². The highest BCUT2D eigenvalue weighted by Gasteiger charge is 2.12. The molecule has 0 spiro atoms. The minimum atomic E-state index is 0.106. The number of rotatable bonds is 8. The number of aromatic nitrogens is 1. The van der Waals surface area contributed by atoms with E-state index < -0.39 is 0 Å². The number of hydrogen-bond acceptors (Lipinski definition) is 3. The summed E-state index contributed by atoms with van der Waals surface area (Å²) in [7, 11) is 1.85. The maximum atomic E-state index is 12.3. The fraction of sp³-hybridized carbons (Fsp3) is 0.273. The number of nitrogens with zero attached hydrogens (tertiary/aromatic N) is 2. The molecular weight excluding hydrogens is 360 g/mol. The van der Waals surface area contributed by atoms with Crippen LogP contribution in [0.15, 0.2) is 65.2 Å². The lowest BCUT2D eigenvalue weighted by molar-refractivity contribution is -0.130. The van der Waals surface area contributed by atoms with Crippen LogP contribution in [0.5, 0.6) is 0 Å². The van der Waals surface area contributed by atoms with Crippen molar-refractivity contribution in [3.63, 3.8) is 0 Å². The van der Waals surface area contributed by atoms with E-state index in [9.17, 15) is 4.79 Å². The van der Waals surface area contributed by atoms with Gasteiger partial charge in [-0.3, -0.25) is 4.79 Å². The Hall–Kier alpha value is -2.59. The van der Waals surface area contributed by atoms with Crippen LogP contribution < -0.4 is 0 Å². The number of halogens is 1. The Morgan fingerprint density at radius 3 is 2.56 bits per heavy atom. The zero-order valence-corrected chi connectivity index (χ0v) is 16.2. The number of amides is 1. The van der Waals surface area contributed by atoms with Gasteiger partial charge in [0.25, 0.3) is 0 Å². The molecule has 0 N–H and O–H groups in total. The van der Waals surface area contributed by atoms with Crippen molar-refractivity contribution in [2.75, 3.05) is 13.6 Å². The third-order valence-corrected chi connectivity index (χ3v) is 4.71. The molecule has 0 atom stereocenters. The summed E-state index contributed by atoms with van der Waals surface area (Å²) in [5.41, 5.74) is 2.22. The molecule has 0 aliphatic carbocycles. The van der Waals surface area contributed by atoms with Crippen LogP contribution in [0.2, 0.25) is 5.02 Å². The molecule has 0 bridgehead atoms. The molecule has 0 aliphatic rings. The predicted molar refractivity (Wildman–Crippen MR) is 108 cm³/mol. The Labute approximate surface area is 164 Å². The minimum Gasteiger partial charge on any atom is -0.441 e. The number of carbonyl (C=O) groups excluding carboxylic acids is 1. The molecule has 4 nitrogen and oxygen atoms in total. The summed E-state index contributed by atoms with van der Waals surface area (Å²) in [5, 5.41) is 0.680. The maximum absolute atomic E-state index is 12.3. The molecule has 1 aromatic heterocycles. The second-order valence-electron chi connectivity index (χ2n) is 6.53. The van der Waals surface area contributed by atoms with E-state index in [0.29, 0.717) is 29.5 Å². The van der Waals surface area contributed by atoms with E-state index in [1.807, 2.05) is 49.5 Å². The largest absolute Gasteiger partial charge is 0.441 e. The van der Waals surface area contributed by atoms with Gasteiger partial charge in [-0.15, -0.1) is 0 Å². The lowest BCUT2D eigenvalue weighted by Gasteiger charge is -2.16. The van der Waals surface area contributed by atoms with Gasteiger partial charge in [-0.1, -0.05) is 41.9 Å². The van der Waals surface area contributed by atoms with Gasteiger partial charge in [0.2, 0.25) is 5.91 Å². The maximum Gasteiger partial charge on any atom is 0.222 e. The van der Waals surface area contributed by atoms with Crippen LogP contribution in [0.1, 0.15) is 24.3 Å². The molecule has 0 saturated carbocycles. The first-order valence-electron chi connectivity index (χ1n) is 9.10. The Bertz CT molecular complexity index is 860. The summed E-state index contributed by atoms with van der Waals surface area (Å²) in [6.45, 7) is 0.745. The van der Waals surface area contributed by atoms with E-state index in [0.717, 1.165) is 24.9 Å². The van der Waals surface area contributed by atoms with Crippen molar-refractivity contribution in [2.24, 2.45) is 0 Å². The molecule has 2 aromatic carbocycles. The molecule has 0 saturated heterocycles. The highest BCUT2D eigenvalue weighted by atomic mass is 35.5. The van der Waals surface area contributed by atoms with Crippen molar-refractivity contribution >= 4 is 17.5 Å². The predicted octanol–water partition coefficient (Wildman–Crippen LogP) is 5.02. The zero-order valence-electron chi connectivity index (χ0n) is 15.4. The summed E-state index contributed by atoms with van der Waals surface area (Å²) >= 11 is 5.90. The molecular formula is C22H23ClN2O2. The summed E-state index contributed by atoms with van der Waals surface area (Å²) in [6, 6.07) is 17.7. The summed E-state index contributed by atoms with van der Waals surface area (Å²) in [6.07, 6.45) is 4.50. The molecule has 0 fully saturated rings. The fourth-order valence-electron chi connectivity index (χ4n) is 2.87. The van der Waals surface area contributed by atoms with Gasteiger partial charge in [-0.2, -0.15) is 0 Å². The van der Waals surface area contributed by atoms with Crippen molar-refractivity contribution < 1.29 is 9.21 Å². The quantitative estimate of drug-likeness (QED) is 0.549. The number of hydrogen-bond donors (Lipinski definition) is 0. The van der Waals surface area contributed by atoms with Crippen molar-refractivity contribution in [2.45, 2.75) is 25.7 Å². The third-order valence-electron chi connectivity index (χ3n) is 4.46. The van der Waals surface area contributed by atoms with Gasteiger partial charge in [0.1, 0.15) is 0 Å². The highest BCUT2D eigenvalue weighted by molar-refractivity contribution is 6.30. The van der Waals surface area contributed by atoms with Gasteiger partial charge < -0.3 is 9.32 Å². The molecule has 5 heteroatoms. The van der Waals surface area contributed by atoms with E-state index in [1.165, 1.54) is 5.56 Å². The second kappa shape index (κ2) is 9.38. The van der Waals surface area contributed by atoms with E-state index in [1.54, 1.807) is 11.1 Å². The van der Waals surface area contributed by atoms with Gasteiger partial charge >= 0.3 is 0 Å². The summed E-state index contributed by atoms with van der Waals surface area (Å²) < 4.78 is 5.75. The summed E-state index contributed by atoms with van der Waals surface area (Å²) in [5.74, 6) is 1.37. The number of aryl methyl sites for hydroxylation is 2. The third kappa shape index (κ3) is 5.69. The first-order valence-corrected chi connectivity index (χ1v) is 9.48. The monoisotopic (exact) mass is 382 g/mol.